The fourth-order valence-electron chi connectivity index (χ4n) is 1.78. The van der Waals surface area contributed by atoms with Crippen molar-refractivity contribution in [2.75, 3.05) is 12.0 Å². The average molecular weight is 343 g/mol. The first kappa shape index (κ1) is 17.1. The van der Waals surface area contributed by atoms with Crippen LogP contribution < -0.4 is 10.2 Å². The first-order valence-electron chi connectivity index (χ1n) is 6.79. The minimum Gasteiger partial charge on any atom is -0.494 e. The minimum absolute atomic E-state index is 0.0867. The molecule has 0 fully saturated rings. The van der Waals surface area contributed by atoms with Gasteiger partial charge in [-0.15, -0.1) is 0 Å². The monoisotopic (exact) mass is 342 g/mol. The molecule has 2 aromatic rings. The fraction of sp³-hybridized carbons (Fsp3) is 0.188. The molecule has 0 radical (unpaired) electrons. The lowest BCUT2D eigenvalue weighted by Gasteiger charge is -2.09. The molecule has 0 aliphatic heterocycles. The van der Waals surface area contributed by atoms with Crippen molar-refractivity contribution in [2.45, 2.75) is 13.1 Å². The van der Waals surface area contributed by atoms with Gasteiger partial charge in [-0.1, -0.05) is 11.6 Å². The number of hydrogen-bond donors (Lipinski definition) is 1. The van der Waals surface area contributed by atoms with Gasteiger partial charge in [-0.3, -0.25) is 5.43 Å². The zero-order valence-electron chi connectivity index (χ0n) is 12.2. The predicted molar refractivity (Wildman–Crippen MR) is 85.3 cm³/mol. The van der Waals surface area contributed by atoms with E-state index in [2.05, 4.69) is 10.5 Å². The van der Waals surface area contributed by atoms with Crippen LogP contribution in [-0.4, -0.2) is 12.8 Å². The van der Waals surface area contributed by atoms with Gasteiger partial charge in [-0.2, -0.15) is 18.3 Å². The quantitative estimate of drug-likeness (QED) is 0.598. The molecule has 3 nitrogen and oxygen atoms in total. The van der Waals surface area contributed by atoms with Crippen molar-refractivity contribution in [1.82, 2.24) is 0 Å². The maximum atomic E-state index is 12.7. The van der Waals surface area contributed by atoms with Gasteiger partial charge in [0.2, 0.25) is 0 Å². The van der Waals surface area contributed by atoms with E-state index in [1.165, 1.54) is 12.3 Å². The number of nitrogens with zero attached hydrogens (tertiary/aromatic N) is 1. The molecule has 0 atom stereocenters. The van der Waals surface area contributed by atoms with Crippen LogP contribution in [0.25, 0.3) is 0 Å². The van der Waals surface area contributed by atoms with Crippen molar-refractivity contribution >= 4 is 23.5 Å². The summed E-state index contributed by atoms with van der Waals surface area (Å²) in [6.07, 6.45) is -2.95. The number of hydrogen-bond acceptors (Lipinski definition) is 3. The summed E-state index contributed by atoms with van der Waals surface area (Å²) in [5, 5.41) is 4.06. The Bertz CT molecular complexity index is 685. The molecule has 122 valence electrons. The molecule has 0 unspecified atom stereocenters. The number of hydrazone groups is 1. The van der Waals surface area contributed by atoms with E-state index in [0.29, 0.717) is 6.61 Å². The Balaban J connectivity index is 2.07. The summed E-state index contributed by atoms with van der Waals surface area (Å²) in [5.74, 6) is 0.735. The molecular weight excluding hydrogens is 329 g/mol. The van der Waals surface area contributed by atoms with Crippen LogP contribution in [0, 0.1) is 0 Å². The number of rotatable bonds is 5. The van der Waals surface area contributed by atoms with E-state index in [1.54, 1.807) is 24.3 Å². The molecule has 0 aliphatic carbocycles. The number of benzene rings is 2. The second kappa shape index (κ2) is 7.37. The van der Waals surface area contributed by atoms with Crippen molar-refractivity contribution in [3.63, 3.8) is 0 Å². The van der Waals surface area contributed by atoms with Crippen LogP contribution in [0.3, 0.4) is 0 Å². The van der Waals surface area contributed by atoms with E-state index in [-0.39, 0.29) is 10.7 Å². The maximum absolute atomic E-state index is 12.7. The summed E-state index contributed by atoms with van der Waals surface area (Å²) in [6, 6.07) is 10.1. The molecule has 1 N–H and O–H groups in total. The van der Waals surface area contributed by atoms with Crippen LogP contribution in [0.2, 0.25) is 5.02 Å². The Kier molecular flexibility index (Phi) is 5.50. The van der Waals surface area contributed by atoms with Gasteiger partial charge >= 0.3 is 6.18 Å². The third-order valence-corrected chi connectivity index (χ3v) is 3.21. The third-order valence-electron chi connectivity index (χ3n) is 2.88. The van der Waals surface area contributed by atoms with Crippen LogP contribution >= 0.6 is 11.6 Å². The van der Waals surface area contributed by atoms with Gasteiger partial charge in [-0.25, -0.2) is 0 Å². The lowest BCUT2D eigenvalue weighted by molar-refractivity contribution is -0.137. The van der Waals surface area contributed by atoms with E-state index >= 15 is 0 Å². The van der Waals surface area contributed by atoms with Gasteiger partial charge in [0.1, 0.15) is 5.75 Å². The second-order valence-electron chi connectivity index (χ2n) is 4.56. The highest BCUT2D eigenvalue weighted by Gasteiger charge is 2.30. The molecule has 0 spiro atoms. The molecule has 23 heavy (non-hydrogen) atoms. The maximum Gasteiger partial charge on any atom is 0.416 e. The molecule has 0 saturated heterocycles. The highest BCUT2D eigenvalue weighted by Crippen LogP contribution is 2.33. The molecule has 0 heterocycles. The van der Waals surface area contributed by atoms with Gasteiger partial charge in [0, 0.05) is 0 Å². The van der Waals surface area contributed by atoms with Crippen LogP contribution in [0.1, 0.15) is 18.1 Å². The first-order chi connectivity index (χ1) is 10.9. The molecule has 7 heteroatoms. The van der Waals surface area contributed by atoms with Crippen LogP contribution in [0.5, 0.6) is 5.75 Å². The largest absolute Gasteiger partial charge is 0.494 e. The van der Waals surface area contributed by atoms with E-state index in [1.807, 2.05) is 6.92 Å². The van der Waals surface area contributed by atoms with Crippen molar-refractivity contribution in [1.29, 1.82) is 0 Å². The van der Waals surface area contributed by atoms with E-state index in [4.69, 9.17) is 16.3 Å². The molecule has 0 saturated carbocycles. The SMILES string of the molecule is CCOc1ccc(/C=N/Nc2cc(C(F)(F)F)ccc2Cl)cc1. The lowest BCUT2D eigenvalue weighted by Crippen LogP contribution is -2.05. The molecule has 0 aliphatic rings. The van der Waals surface area contributed by atoms with Crippen molar-refractivity contribution in [2.24, 2.45) is 5.10 Å². The average Bonchev–Trinajstić information content (AvgIpc) is 2.50. The summed E-state index contributed by atoms with van der Waals surface area (Å²) >= 11 is 5.86. The standard InChI is InChI=1S/C16H14ClF3N2O/c1-2-23-13-6-3-11(4-7-13)10-21-22-15-9-12(16(18,19)20)5-8-14(15)17/h3-10,22H,2H2,1H3/b21-10+. The molecule has 0 bridgehead atoms. The second-order valence-corrected chi connectivity index (χ2v) is 4.97. The van der Waals surface area contributed by atoms with E-state index in [0.717, 1.165) is 23.4 Å². The van der Waals surface area contributed by atoms with Gasteiger partial charge in [0.25, 0.3) is 0 Å². The van der Waals surface area contributed by atoms with Crippen molar-refractivity contribution in [3.05, 3.63) is 58.6 Å². The Morgan fingerprint density at radius 2 is 1.87 bits per heavy atom. The van der Waals surface area contributed by atoms with Gasteiger partial charge in [0.15, 0.2) is 0 Å². The number of ether oxygens (including phenoxy) is 1. The third kappa shape index (κ3) is 4.89. The summed E-state index contributed by atoms with van der Waals surface area (Å²) in [5.41, 5.74) is 2.58. The van der Waals surface area contributed by atoms with E-state index < -0.39 is 11.7 Å². The zero-order chi connectivity index (χ0) is 16.9. The van der Waals surface area contributed by atoms with Gasteiger partial charge in [0.05, 0.1) is 29.1 Å². The highest BCUT2D eigenvalue weighted by molar-refractivity contribution is 6.33. The minimum atomic E-state index is -4.43. The zero-order valence-corrected chi connectivity index (χ0v) is 12.9. The number of nitrogens with one attached hydrogen (secondary N) is 1. The van der Waals surface area contributed by atoms with Crippen molar-refractivity contribution in [3.8, 4) is 5.75 Å². The molecule has 2 aromatic carbocycles. The Morgan fingerprint density at radius 1 is 1.17 bits per heavy atom. The highest BCUT2D eigenvalue weighted by atomic mass is 35.5. The van der Waals surface area contributed by atoms with Crippen LogP contribution in [0.4, 0.5) is 18.9 Å². The fourth-order valence-corrected chi connectivity index (χ4v) is 1.94. The van der Waals surface area contributed by atoms with E-state index in [9.17, 15) is 13.2 Å². The number of alkyl halides is 3. The molecular formula is C16H14ClF3N2O. The molecule has 0 aromatic heterocycles. The summed E-state index contributed by atoms with van der Waals surface area (Å²) < 4.78 is 43.3. The number of anilines is 1. The van der Waals surface area contributed by atoms with Gasteiger partial charge < -0.3 is 4.74 Å². The Morgan fingerprint density at radius 3 is 2.48 bits per heavy atom. The Labute approximate surface area is 136 Å². The predicted octanol–water partition coefficient (Wildman–Crippen LogP) is 5.20. The summed E-state index contributed by atoms with van der Waals surface area (Å²) in [4.78, 5) is 0. The van der Waals surface area contributed by atoms with Crippen molar-refractivity contribution < 1.29 is 17.9 Å². The summed E-state index contributed by atoms with van der Waals surface area (Å²) in [7, 11) is 0. The van der Waals surface area contributed by atoms with Crippen LogP contribution in [-0.2, 0) is 6.18 Å². The number of halogens is 4. The normalized spacial score (nSPS) is 11.7. The Hall–Kier alpha value is -2.21. The summed E-state index contributed by atoms with van der Waals surface area (Å²) in [6.45, 7) is 2.46. The topological polar surface area (TPSA) is 33.6 Å². The lowest BCUT2D eigenvalue weighted by atomic mass is 10.2. The molecule has 2 rings (SSSR count). The molecule has 0 amide bonds. The first-order valence-corrected chi connectivity index (χ1v) is 7.16. The smallest absolute Gasteiger partial charge is 0.416 e. The van der Waals surface area contributed by atoms with Gasteiger partial charge in [-0.05, 0) is 55.0 Å². The van der Waals surface area contributed by atoms with Crippen LogP contribution in [0.15, 0.2) is 47.6 Å².